The van der Waals surface area contributed by atoms with E-state index >= 15 is 0 Å². The third-order valence-corrected chi connectivity index (χ3v) is 5.83. The molecule has 1 heterocycles. The zero-order chi connectivity index (χ0) is 24.1. The van der Waals surface area contributed by atoms with Crippen molar-refractivity contribution in [2.24, 2.45) is 0 Å². The Morgan fingerprint density at radius 1 is 1.00 bits per heavy atom. The SMILES string of the molecule is COc1ccc(C(=O)N2CCOc3ccc(CN(Cc4ccc(F)cc4)C(C)=O)cc3C2)cc1. The second-order valence-corrected chi connectivity index (χ2v) is 8.25. The lowest BCUT2D eigenvalue weighted by atomic mass is 10.1. The molecule has 3 aromatic rings. The first kappa shape index (κ1) is 23.3. The van der Waals surface area contributed by atoms with Gasteiger partial charge in [0.2, 0.25) is 5.91 Å². The van der Waals surface area contributed by atoms with Gasteiger partial charge in [-0.3, -0.25) is 9.59 Å². The average Bonchev–Trinajstić information content (AvgIpc) is 3.06. The van der Waals surface area contributed by atoms with Crippen LogP contribution in [0.4, 0.5) is 4.39 Å². The Labute approximate surface area is 198 Å². The largest absolute Gasteiger partial charge is 0.497 e. The van der Waals surface area contributed by atoms with Gasteiger partial charge in [0.25, 0.3) is 5.91 Å². The van der Waals surface area contributed by atoms with Crippen molar-refractivity contribution in [2.75, 3.05) is 20.3 Å². The molecule has 0 bridgehead atoms. The minimum atomic E-state index is -0.308. The van der Waals surface area contributed by atoms with Gasteiger partial charge in [0, 0.05) is 37.7 Å². The second kappa shape index (κ2) is 10.4. The number of ether oxygens (including phenoxy) is 2. The van der Waals surface area contributed by atoms with E-state index in [2.05, 4.69) is 0 Å². The number of halogens is 1. The minimum Gasteiger partial charge on any atom is -0.497 e. The second-order valence-electron chi connectivity index (χ2n) is 8.25. The van der Waals surface area contributed by atoms with Crippen LogP contribution in [0.1, 0.15) is 34.0 Å². The van der Waals surface area contributed by atoms with Gasteiger partial charge in [0.15, 0.2) is 0 Å². The van der Waals surface area contributed by atoms with Gasteiger partial charge in [-0.1, -0.05) is 18.2 Å². The summed E-state index contributed by atoms with van der Waals surface area (Å²) in [5, 5.41) is 0. The molecule has 0 atom stereocenters. The summed E-state index contributed by atoms with van der Waals surface area (Å²) >= 11 is 0. The molecule has 2 amide bonds. The van der Waals surface area contributed by atoms with E-state index in [0.29, 0.717) is 44.1 Å². The molecule has 0 radical (unpaired) electrons. The monoisotopic (exact) mass is 462 g/mol. The normalized spacial score (nSPS) is 12.9. The van der Waals surface area contributed by atoms with Crippen LogP contribution < -0.4 is 9.47 Å². The smallest absolute Gasteiger partial charge is 0.254 e. The van der Waals surface area contributed by atoms with E-state index in [4.69, 9.17) is 9.47 Å². The van der Waals surface area contributed by atoms with Crippen LogP contribution in [0.25, 0.3) is 0 Å². The third-order valence-electron chi connectivity index (χ3n) is 5.83. The number of rotatable bonds is 6. The number of carbonyl (C=O) groups is 2. The van der Waals surface area contributed by atoms with Crippen LogP contribution in [0, 0.1) is 5.82 Å². The standard InChI is InChI=1S/C27H27FN2O4/c1-19(31)30(16-20-3-8-24(28)9-4-20)17-21-5-12-26-23(15-21)18-29(13-14-34-26)27(32)22-6-10-25(33-2)11-7-22/h3-12,15H,13-14,16-18H2,1-2H3. The van der Waals surface area contributed by atoms with Gasteiger partial charge in [-0.25, -0.2) is 4.39 Å². The Balaban J connectivity index is 1.50. The van der Waals surface area contributed by atoms with E-state index in [-0.39, 0.29) is 17.6 Å². The fourth-order valence-electron chi connectivity index (χ4n) is 3.94. The molecule has 1 aliphatic rings. The predicted molar refractivity (Wildman–Crippen MR) is 126 cm³/mol. The predicted octanol–water partition coefficient (Wildman–Crippen LogP) is 4.42. The molecule has 0 saturated carbocycles. The van der Waals surface area contributed by atoms with Crippen LogP contribution in [0.2, 0.25) is 0 Å². The van der Waals surface area contributed by atoms with E-state index < -0.39 is 0 Å². The van der Waals surface area contributed by atoms with Gasteiger partial charge in [-0.05, 0) is 59.7 Å². The summed E-state index contributed by atoms with van der Waals surface area (Å²) in [6, 6.07) is 19.0. The Kier molecular flexibility index (Phi) is 7.11. The number of methoxy groups -OCH3 is 1. The van der Waals surface area contributed by atoms with Crippen molar-refractivity contribution in [3.05, 3.63) is 94.8 Å². The van der Waals surface area contributed by atoms with Crippen LogP contribution in [0.15, 0.2) is 66.7 Å². The maximum absolute atomic E-state index is 13.2. The highest BCUT2D eigenvalue weighted by atomic mass is 19.1. The zero-order valence-corrected chi connectivity index (χ0v) is 19.3. The number of benzene rings is 3. The van der Waals surface area contributed by atoms with Gasteiger partial charge in [-0.2, -0.15) is 0 Å². The molecule has 1 aliphatic heterocycles. The van der Waals surface area contributed by atoms with Crippen molar-refractivity contribution in [3.8, 4) is 11.5 Å². The number of hydrogen-bond donors (Lipinski definition) is 0. The van der Waals surface area contributed by atoms with Gasteiger partial charge >= 0.3 is 0 Å². The fourth-order valence-corrected chi connectivity index (χ4v) is 3.94. The Hall–Kier alpha value is -3.87. The first-order valence-electron chi connectivity index (χ1n) is 11.1. The van der Waals surface area contributed by atoms with Crippen molar-refractivity contribution >= 4 is 11.8 Å². The third kappa shape index (κ3) is 5.54. The molecule has 7 heteroatoms. The Morgan fingerprint density at radius 2 is 1.68 bits per heavy atom. The van der Waals surface area contributed by atoms with Crippen molar-refractivity contribution in [3.63, 3.8) is 0 Å². The van der Waals surface area contributed by atoms with Crippen LogP contribution in [0.3, 0.4) is 0 Å². The molecule has 0 aromatic heterocycles. The topological polar surface area (TPSA) is 59.1 Å². The van der Waals surface area contributed by atoms with E-state index in [1.165, 1.54) is 19.1 Å². The molecule has 0 aliphatic carbocycles. The van der Waals surface area contributed by atoms with Gasteiger partial charge in [0.05, 0.1) is 13.7 Å². The van der Waals surface area contributed by atoms with E-state index in [1.54, 1.807) is 53.3 Å². The number of amides is 2. The number of fused-ring (bicyclic) bond motifs is 1. The number of nitrogens with zero attached hydrogens (tertiary/aromatic N) is 2. The molecule has 34 heavy (non-hydrogen) atoms. The molecule has 6 nitrogen and oxygen atoms in total. The molecule has 176 valence electrons. The molecular formula is C27H27FN2O4. The minimum absolute atomic E-state index is 0.0770. The molecule has 3 aromatic carbocycles. The van der Waals surface area contributed by atoms with Crippen molar-refractivity contribution in [1.29, 1.82) is 0 Å². The van der Waals surface area contributed by atoms with E-state index in [0.717, 1.165) is 22.4 Å². The lowest BCUT2D eigenvalue weighted by Gasteiger charge is -2.23. The summed E-state index contributed by atoms with van der Waals surface area (Å²) in [7, 11) is 1.59. The zero-order valence-electron chi connectivity index (χ0n) is 19.3. The summed E-state index contributed by atoms with van der Waals surface area (Å²) in [5.74, 6) is 0.971. The molecular weight excluding hydrogens is 435 g/mol. The molecule has 0 fully saturated rings. The van der Waals surface area contributed by atoms with E-state index in [1.807, 2.05) is 18.2 Å². The quantitative estimate of drug-likeness (QED) is 0.544. The van der Waals surface area contributed by atoms with E-state index in [9.17, 15) is 14.0 Å². The van der Waals surface area contributed by atoms with Crippen molar-refractivity contribution < 1.29 is 23.5 Å². The maximum atomic E-state index is 13.2. The average molecular weight is 463 g/mol. The number of hydrogen-bond acceptors (Lipinski definition) is 4. The van der Waals surface area contributed by atoms with Crippen molar-refractivity contribution in [2.45, 2.75) is 26.6 Å². The fraction of sp³-hybridized carbons (Fsp3) is 0.259. The first-order valence-corrected chi connectivity index (χ1v) is 11.1. The Morgan fingerprint density at radius 3 is 2.35 bits per heavy atom. The highest BCUT2D eigenvalue weighted by Gasteiger charge is 2.22. The van der Waals surface area contributed by atoms with Crippen LogP contribution >= 0.6 is 0 Å². The highest BCUT2D eigenvalue weighted by Crippen LogP contribution is 2.26. The maximum Gasteiger partial charge on any atom is 0.254 e. The molecule has 0 saturated heterocycles. The summed E-state index contributed by atoms with van der Waals surface area (Å²) in [4.78, 5) is 28.8. The lowest BCUT2D eigenvalue weighted by Crippen LogP contribution is -2.32. The molecule has 0 N–H and O–H groups in total. The van der Waals surface area contributed by atoms with Crippen LogP contribution in [-0.2, 0) is 24.4 Å². The molecule has 0 spiro atoms. The highest BCUT2D eigenvalue weighted by molar-refractivity contribution is 5.94. The summed E-state index contributed by atoms with van der Waals surface area (Å²) in [5.41, 5.74) is 3.26. The number of carbonyl (C=O) groups excluding carboxylic acids is 2. The Bertz CT molecular complexity index is 1160. The van der Waals surface area contributed by atoms with Crippen molar-refractivity contribution in [1.82, 2.24) is 9.80 Å². The van der Waals surface area contributed by atoms with Crippen LogP contribution in [-0.4, -0.2) is 41.9 Å². The summed E-state index contributed by atoms with van der Waals surface area (Å²) < 4.78 is 24.3. The van der Waals surface area contributed by atoms with Gasteiger partial charge in [-0.15, -0.1) is 0 Å². The van der Waals surface area contributed by atoms with Gasteiger partial charge in [0.1, 0.15) is 23.9 Å². The first-order chi connectivity index (χ1) is 16.4. The lowest BCUT2D eigenvalue weighted by molar-refractivity contribution is -0.130. The molecule has 0 unspecified atom stereocenters. The summed E-state index contributed by atoms with van der Waals surface area (Å²) in [6.45, 7) is 3.58. The van der Waals surface area contributed by atoms with Crippen LogP contribution in [0.5, 0.6) is 11.5 Å². The summed E-state index contributed by atoms with van der Waals surface area (Å²) in [6.07, 6.45) is 0. The molecule has 4 rings (SSSR count). The van der Waals surface area contributed by atoms with Gasteiger partial charge < -0.3 is 19.3 Å².